The van der Waals surface area contributed by atoms with Gasteiger partial charge in [-0.25, -0.2) is 9.97 Å². The molecule has 0 radical (unpaired) electrons. The van der Waals surface area contributed by atoms with Crippen molar-refractivity contribution in [3.63, 3.8) is 0 Å². The molecule has 5 rings (SSSR count). The van der Waals surface area contributed by atoms with Crippen LogP contribution in [0.3, 0.4) is 0 Å². The lowest BCUT2D eigenvalue weighted by atomic mass is 9.75. The van der Waals surface area contributed by atoms with Crippen molar-refractivity contribution in [3.05, 3.63) is 74.6 Å². The lowest BCUT2D eigenvalue weighted by molar-refractivity contribution is 0.00578. The lowest BCUT2D eigenvalue weighted by Gasteiger charge is -2.32. The van der Waals surface area contributed by atoms with Crippen molar-refractivity contribution >= 4 is 51.8 Å². The second-order valence-corrected chi connectivity index (χ2v) is 10.9. The van der Waals surface area contributed by atoms with Crippen LogP contribution in [0, 0.1) is 0 Å². The maximum Gasteiger partial charge on any atom is 0.490 e. The molecule has 1 saturated heterocycles. The fourth-order valence-electron chi connectivity index (χ4n) is 3.51. The van der Waals surface area contributed by atoms with Crippen LogP contribution in [0.15, 0.2) is 58.8 Å². The zero-order valence-corrected chi connectivity index (χ0v) is 24.2. The summed E-state index contributed by atoms with van der Waals surface area (Å²) in [6.07, 6.45) is 9.32. The van der Waals surface area contributed by atoms with Crippen molar-refractivity contribution in [3.8, 4) is 0 Å². The van der Waals surface area contributed by atoms with Gasteiger partial charge in [0.2, 0.25) is 0 Å². The van der Waals surface area contributed by atoms with Gasteiger partial charge >= 0.3 is 7.12 Å². The molecule has 36 heavy (non-hydrogen) atoms. The summed E-state index contributed by atoms with van der Waals surface area (Å²) >= 11 is 14.7. The molecular formula is C26H32BBrCl2N2O4. The Bertz CT molecular complexity index is 1040. The molecule has 0 N–H and O–H groups in total. The van der Waals surface area contributed by atoms with Crippen LogP contribution in [-0.4, -0.2) is 54.7 Å². The van der Waals surface area contributed by atoms with Crippen molar-refractivity contribution in [1.29, 1.82) is 0 Å². The van der Waals surface area contributed by atoms with Crippen LogP contribution in [0.2, 0.25) is 10.3 Å². The molecule has 3 aliphatic rings. The Labute approximate surface area is 232 Å². The predicted octanol–water partition coefficient (Wildman–Crippen LogP) is 7.00. The molecule has 0 unspecified atom stereocenters. The first kappa shape index (κ1) is 29.3. The fourth-order valence-corrected chi connectivity index (χ4v) is 4.13. The fraction of sp³-hybridized carbons (Fsp3) is 0.462. The summed E-state index contributed by atoms with van der Waals surface area (Å²) in [6.45, 7) is 11.2. The first-order valence-corrected chi connectivity index (χ1v) is 13.4. The SMILES string of the molecule is CC1(C)OB(C2=CCOCC2)OC1(C)C.Clc1ncccc1Br.Clc1ncccc1C1=CCOCC1. The van der Waals surface area contributed by atoms with Crippen LogP contribution >= 0.6 is 39.1 Å². The molecule has 6 nitrogen and oxygen atoms in total. The summed E-state index contributed by atoms with van der Waals surface area (Å²) in [4.78, 5) is 7.84. The highest BCUT2D eigenvalue weighted by molar-refractivity contribution is 9.10. The largest absolute Gasteiger partial charge is 0.490 e. The van der Waals surface area contributed by atoms with Crippen LogP contribution in [0.25, 0.3) is 5.57 Å². The zero-order valence-electron chi connectivity index (χ0n) is 21.1. The van der Waals surface area contributed by atoms with E-state index in [4.69, 9.17) is 42.0 Å². The van der Waals surface area contributed by atoms with Crippen LogP contribution < -0.4 is 0 Å². The Morgan fingerprint density at radius 2 is 1.42 bits per heavy atom. The van der Waals surface area contributed by atoms with E-state index in [1.54, 1.807) is 12.4 Å². The molecule has 0 saturated carbocycles. The third-order valence-electron chi connectivity index (χ3n) is 6.34. The van der Waals surface area contributed by atoms with Crippen molar-refractivity contribution in [1.82, 2.24) is 9.97 Å². The van der Waals surface area contributed by atoms with Gasteiger partial charge in [0.05, 0.1) is 42.1 Å². The highest BCUT2D eigenvalue weighted by Crippen LogP contribution is 2.39. The number of ether oxygens (including phenoxy) is 2. The van der Waals surface area contributed by atoms with Crippen LogP contribution in [0.1, 0.15) is 46.1 Å². The van der Waals surface area contributed by atoms with Crippen LogP contribution in [0.5, 0.6) is 0 Å². The highest BCUT2D eigenvalue weighted by atomic mass is 79.9. The molecule has 0 atom stereocenters. The Hall–Kier alpha value is -1.26. The van der Waals surface area contributed by atoms with Crippen molar-refractivity contribution in [2.45, 2.75) is 51.7 Å². The number of pyridine rings is 2. The van der Waals surface area contributed by atoms with Gasteiger partial charge < -0.3 is 18.8 Å². The van der Waals surface area contributed by atoms with Crippen LogP contribution in [0.4, 0.5) is 0 Å². The summed E-state index contributed by atoms with van der Waals surface area (Å²) in [5, 5.41) is 1.09. The Morgan fingerprint density at radius 3 is 1.89 bits per heavy atom. The maximum atomic E-state index is 5.96. The van der Waals surface area contributed by atoms with Gasteiger partial charge in [-0.05, 0) is 85.7 Å². The summed E-state index contributed by atoms with van der Waals surface area (Å²) in [7, 11) is -0.182. The minimum Gasteiger partial charge on any atom is -0.400 e. The van der Waals surface area contributed by atoms with E-state index >= 15 is 0 Å². The molecule has 2 aromatic heterocycles. The number of rotatable bonds is 2. The average Bonchev–Trinajstić information content (AvgIpc) is 3.10. The number of hydrogen-bond donors (Lipinski definition) is 0. The predicted molar refractivity (Wildman–Crippen MR) is 149 cm³/mol. The molecule has 2 aromatic rings. The first-order valence-electron chi connectivity index (χ1n) is 11.9. The minimum absolute atomic E-state index is 0.182. The van der Waals surface area contributed by atoms with Gasteiger partial charge in [0, 0.05) is 18.0 Å². The van der Waals surface area contributed by atoms with E-state index in [9.17, 15) is 0 Å². The molecule has 1 fully saturated rings. The molecule has 0 aliphatic carbocycles. The summed E-state index contributed by atoms with van der Waals surface area (Å²) in [6, 6.07) is 7.55. The van der Waals surface area contributed by atoms with E-state index in [1.807, 2.05) is 24.3 Å². The monoisotopic (exact) mass is 596 g/mol. The maximum absolute atomic E-state index is 5.96. The van der Waals surface area contributed by atoms with Gasteiger partial charge in [-0.1, -0.05) is 41.4 Å². The van der Waals surface area contributed by atoms with E-state index < -0.39 is 0 Å². The van der Waals surface area contributed by atoms with Gasteiger partial charge in [-0.15, -0.1) is 0 Å². The topological polar surface area (TPSA) is 62.7 Å². The Kier molecular flexibility index (Phi) is 11.0. The van der Waals surface area contributed by atoms with Gasteiger partial charge in [0.25, 0.3) is 0 Å². The smallest absolute Gasteiger partial charge is 0.400 e. The normalized spacial score (nSPS) is 20.2. The average molecular weight is 598 g/mol. The second-order valence-electron chi connectivity index (χ2n) is 9.36. The third-order valence-corrected chi connectivity index (χ3v) is 7.81. The van der Waals surface area contributed by atoms with Crippen molar-refractivity contribution in [2.75, 3.05) is 26.4 Å². The minimum atomic E-state index is -0.239. The van der Waals surface area contributed by atoms with Crippen molar-refractivity contribution in [2.24, 2.45) is 0 Å². The number of aromatic nitrogens is 2. The zero-order chi connectivity index (χ0) is 26.2. The highest BCUT2D eigenvalue weighted by Gasteiger charge is 2.52. The van der Waals surface area contributed by atoms with E-state index in [0.29, 0.717) is 23.5 Å². The molecule has 0 amide bonds. The van der Waals surface area contributed by atoms with Crippen LogP contribution in [-0.2, 0) is 18.8 Å². The molecule has 5 heterocycles. The Morgan fingerprint density at radius 1 is 0.833 bits per heavy atom. The molecular weight excluding hydrogens is 566 g/mol. The van der Waals surface area contributed by atoms with Crippen molar-refractivity contribution < 1.29 is 18.8 Å². The van der Waals surface area contributed by atoms with Gasteiger partial charge in [0.1, 0.15) is 10.3 Å². The van der Waals surface area contributed by atoms with E-state index in [2.05, 4.69) is 65.7 Å². The van der Waals surface area contributed by atoms with E-state index in [0.717, 1.165) is 36.1 Å². The quantitative estimate of drug-likeness (QED) is 0.274. The Balaban J connectivity index is 0.000000157. The molecule has 194 valence electrons. The molecule has 0 bridgehead atoms. The second kappa shape index (κ2) is 13.5. The van der Waals surface area contributed by atoms with Gasteiger partial charge in [-0.3, -0.25) is 0 Å². The number of nitrogens with zero attached hydrogens (tertiary/aromatic N) is 2. The van der Waals surface area contributed by atoms with E-state index in [-0.39, 0.29) is 18.3 Å². The third kappa shape index (κ3) is 8.12. The molecule has 0 spiro atoms. The van der Waals surface area contributed by atoms with Gasteiger partial charge in [0.15, 0.2) is 0 Å². The molecule has 3 aliphatic heterocycles. The van der Waals surface area contributed by atoms with E-state index in [1.165, 1.54) is 11.0 Å². The summed E-state index contributed by atoms with van der Waals surface area (Å²) < 4.78 is 23.2. The molecule has 10 heteroatoms. The lowest BCUT2D eigenvalue weighted by Crippen LogP contribution is -2.41. The first-order chi connectivity index (χ1) is 17.1. The number of halogens is 3. The summed E-state index contributed by atoms with van der Waals surface area (Å²) in [5.74, 6) is 0. The summed E-state index contributed by atoms with van der Waals surface area (Å²) in [5.41, 5.74) is 3.02. The number of hydrogen-bond acceptors (Lipinski definition) is 6. The standard InChI is InChI=1S/C11H19BO3.C10H10ClNO.C5H3BrClN/c1-10(2)11(3,4)15-12(14-10)9-5-7-13-8-6-9;11-10-9(2-1-5-12-10)8-3-6-13-7-4-8;6-4-2-1-3-8-5(4)7/h5H,6-8H2,1-4H3;1-3,5H,4,6-7H2;1-3H. The molecule has 0 aromatic carbocycles. The van der Waals surface area contributed by atoms with Gasteiger partial charge in [-0.2, -0.15) is 0 Å².